The third-order valence-corrected chi connectivity index (χ3v) is 4.96. The molecule has 3 aromatic rings. The summed E-state index contributed by atoms with van der Waals surface area (Å²) in [5, 5.41) is 3.06. The zero-order chi connectivity index (χ0) is 19.2. The highest BCUT2D eigenvalue weighted by molar-refractivity contribution is 6.06. The van der Waals surface area contributed by atoms with Crippen molar-refractivity contribution in [2.45, 2.75) is 19.4 Å². The van der Waals surface area contributed by atoms with Crippen LogP contribution in [0, 0.1) is 0 Å². The van der Waals surface area contributed by atoms with Crippen LogP contribution < -0.4 is 15.0 Å². The first kappa shape index (κ1) is 18.1. The number of ether oxygens (including phenoxy) is 1. The van der Waals surface area contributed by atoms with Gasteiger partial charge < -0.3 is 15.0 Å². The quantitative estimate of drug-likeness (QED) is 0.653. The molecule has 1 aliphatic heterocycles. The van der Waals surface area contributed by atoms with Gasteiger partial charge in [-0.05, 0) is 54.8 Å². The summed E-state index contributed by atoms with van der Waals surface area (Å²) in [5.41, 5.74) is 3.68. The second-order valence-corrected chi connectivity index (χ2v) is 6.96. The largest absolute Gasteiger partial charge is 0.489 e. The second kappa shape index (κ2) is 8.61. The number of hydrogen-bond donors (Lipinski definition) is 1. The molecule has 4 nitrogen and oxygen atoms in total. The Balaban J connectivity index is 1.40. The Bertz CT molecular complexity index is 917. The normalized spacial score (nSPS) is 13.4. The first-order valence-electron chi connectivity index (χ1n) is 9.72. The van der Waals surface area contributed by atoms with E-state index in [2.05, 4.69) is 16.3 Å². The Labute approximate surface area is 165 Å². The fraction of sp³-hybridized carbons (Fsp3) is 0.208. The molecule has 4 rings (SSSR count). The van der Waals surface area contributed by atoms with Crippen molar-refractivity contribution < 1.29 is 9.53 Å². The number of carbonyl (C=O) groups excluding carboxylic acids is 1. The average Bonchev–Trinajstić information content (AvgIpc) is 3.28. The lowest BCUT2D eigenvalue weighted by atomic mass is 10.2. The van der Waals surface area contributed by atoms with Gasteiger partial charge in [0.2, 0.25) is 0 Å². The molecule has 1 fully saturated rings. The zero-order valence-corrected chi connectivity index (χ0v) is 15.8. The van der Waals surface area contributed by atoms with Crippen LogP contribution in [0.4, 0.5) is 11.4 Å². The Morgan fingerprint density at radius 3 is 2.29 bits per heavy atom. The van der Waals surface area contributed by atoms with Crippen molar-refractivity contribution in [3.05, 3.63) is 90.0 Å². The zero-order valence-electron chi connectivity index (χ0n) is 15.8. The molecule has 1 N–H and O–H groups in total. The fourth-order valence-corrected chi connectivity index (χ4v) is 3.45. The molecule has 1 aliphatic rings. The van der Waals surface area contributed by atoms with Gasteiger partial charge in [-0.1, -0.05) is 42.5 Å². The molecule has 0 aromatic heterocycles. The molecule has 0 radical (unpaired) electrons. The summed E-state index contributed by atoms with van der Waals surface area (Å²) < 4.78 is 5.79. The lowest BCUT2D eigenvalue weighted by molar-refractivity contribution is 0.102. The maximum atomic E-state index is 12.7. The molecule has 0 aliphatic carbocycles. The van der Waals surface area contributed by atoms with E-state index in [0.29, 0.717) is 12.2 Å². The number of nitrogens with one attached hydrogen (secondary N) is 1. The Hall–Kier alpha value is -3.27. The van der Waals surface area contributed by atoms with E-state index in [0.717, 1.165) is 35.8 Å². The van der Waals surface area contributed by atoms with E-state index in [1.54, 1.807) is 12.1 Å². The van der Waals surface area contributed by atoms with Gasteiger partial charge in [0.05, 0.1) is 11.4 Å². The molecule has 0 bridgehead atoms. The molecule has 3 aromatic carbocycles. The van der Waals surface area contributed by atoms with Gasteiger partial charge in [-0.15, -0.1) is 0 Å². The van der Waals surface area contributed by atoms with E-state index >= 15 is 0 Å². The van der Waals surface area contributed by atoms with Crippen LogP contribution in [0.25, 0.3) is 0 Å². The van der Waals surface area contributed by atoms with Crippen LogP contribution >= 0.6 is 0 Å². The molecule has 1 heterocycles. The molecule has 4 heteroatoms. The summed E-state index contributed by atoms with van der Waals surface area (Å²) in [6, 6.07) is 25.3. The molecule has 0 saturated carbocycles. The van der Waals surface area contributed by atoms with Crippen LogP contribution in [0.3, 0.4) is 0 Å². The van der Waals surface area contributed by atoms with Gasteiger partial charge in [0, 0.05) is 18.7 Å². The van der Waals surface area contributed by atoms with Crippen molar-refractivity contribution >= 4 is 17.3 Å². The predicted octanol–water partition coefficient (Wildman–Crippen LogP) is 5.12. The Morgan fingerprint density at radius 1 is 0.857 bits per heavy atom. The number of nitrogens with zero attached hydrogens (tertiary/aromatic N) is 1. The van der Waals surface area contributed by atoms with Crippen LogP contribution in [0.5, 0.6) is 5.75 Å². The van der Waals surface area contributed by atoms with Crippen molar-refractivity contribution in [2.24, 2.45) is 0 Å². The number of amides is 1. The lowest BCUT2D eigenvalue weighted by Gasteiger charge is -2.21. The van der Waals surface area contributed by atoms with Crippen molar-refractivity contribution in [2.75, 3.05) is 23.3 Å². The van der Waals surface area contributed by atoms with Gasteiger partial charge >= 0.3 is 0 Å². The summed E-state index contributed by atoms with van der Waals surface area (Å²) in [7, 11) is 0. The van der Waals surface area contributed by atoms with E-state index in [-0.39, 0.29) is 5.91 Å². The minimum Gasteiger partial charge on any atom is -0.489 e. The summed E-state index contributed by atoms with van der Waals surface area (Å²) in [4.78, 5) is 15.0. The molecular formula is C24H24N2O2. The topological polar surface area (TPSA) is 41.6 Å². The van der Waals surface area contributed by atoms with Crippen LogP contribution in [-0.2, 0) is 6.61 Å². The highest BCUT2D eigenvalue weighted by Crippen LogP contribution is 2.29. The van der Waals surface area contributed by atoms with E-state index in [1.165, 1.54) is 12.8 Å². The van der Waals surface area contributed by atoms with Gasteiger partial charge in [0.25, 0.3) is 5.91 Å². The van der Waals surface area contributed by atoms with E-state index in [4.69, 9.17) is 4.74 Å². The maximum absolute atomic E-state index is 12.7. The Morgan fingerprint density at radius 2 is 1.54 bits per heavy atom. The summed E-state index contributed by atoms with van der Waals surface area (Å²) in [5.74, 6) is 0.638. The van der Waals surface area contributed by atoms with Crippen molar-refractivity contribution in [3.8, 4) is 5.75 Å². The van der Waals surface area contributed by atoms with Crippen LogP contribution in [0.2, 0.25) is 0 Å². The third-order valence-electron chi connectivity index (χ3n) is 4.96. The van der Waals surface area contributed by atoms with Crippen molar-refractivity contribution in [3.63, 3.8) is 0 Å². The average molecular weight is 372 g/mol. The van der Waals surface area contributed by atoms with Crippen LogP contribution in [0.1, 0.15) is 28.8 Å². The standard InChI is InChI=1S/C24H24N2O2/c27-24(25-22-10-4-5-11-23(22)26-16-6-7-17-26)20-12-14-21(15-13-20)28-18-19-8-2-1-3-9-19/h1-5,8-15H,6-7,16-18H2,(H,25,27). The molecule has 0 atom stereocenters. The predicted molar refractivity (Wildman–Crippen MR) is 113 cm³/mol. The number of hydrogen-bond acceptors (Lipinski definition) is 3. The molecule has 1 amide bonds. The van der Waals surface area contributed by atoms with Gasteiger partial charge in [0.15, 0.2) is 0 Å². The number of carbonyl (C=O) groups is 1. The molecule has 0 unspecified atom stereocenters. The Kier molecular flexibility index (Phi) is 5.57. The van der Waals surface area contributed by atoms with Gasteiger partial charge in [-0.3, -0.25) is 4.79 Å². The second-order valence-electron chi connectivity index (χ2n) is 6.96. The number of rotatable bonds is 6. The lowest BCUT2D eigenvalue weighted by Crippen LogP contribution is -2.21. The maximum Gasteiger partial charge on any atom is 0.255 e. The summed E-state index contributed by atoms with van der Waals surface area (Å²) in [6.45, 7) is 2.59. The summed E-state index contributed by atoms with van der Waals surface area (Å²) in [6.07, 6.45) is 2.40. The molecule has 1 saturated heterocycles. The minimum absolute atomic E-state index is 0.110. The summed E-state index contributed by atoms with van der Waals surface area (Å²) >= 11 is 0. The van der Waals surface area contributed by atoms with E-state index in [9.17, 15) is 4.79 Å². The SMILES string of the molecule is O=C(Nc1ccccc1N1CCCC1)c1ccc(OCc2ccccc2)cc1. The third kappa shape index (κ3) is 4.34. The first-order valence-corrected chi connectivity index (χ1v) is 9.72. The highest BCUT2D eigenvalue weighted by atomic mass is 16.5. The number of para-hydroxylation sites is 2. The number of benzene rings is 3. The van der Waals surface area contributed by atoms with E-state index in [1.807, 2.05) is 60.7 Å². The van der Waals surface area contributed by atoms with Crippen LogP contribution in [0.15, 0.2) is 78.9 Å². The molecular weight excluding hydrogens is 348 g/mol. The number of anilines is 2. The van der Waals surface area contributed by atoms with Gasteiger partial charge in [0.1, 0.15) is 12.4 Å². The van der Waals surface area contributed by atoms with E-state index < -0.39 is 0 Å². The first-order chi connectivity index (χ1) is 13.8. The smallest absolute Gasteiger partial charge is 0.255 e. The van der Waals surface area contributed by atoms with Crippen LogP contribution in [-0.4, -0.2) is 19.0 Å². The molecule has 0 spiro atoms. The molecule has 142 valence electrons. The monoisotopic (exact) mass is 372 g/mol. The minimum atomic E-state index is -0.110. The van der Waals surface area contributed by atoms with Gasteiger partial charge in [-0.25, -0.2) is 0 Å². The van der Waals surface area contributed by atoms with Crippen molar-refractivity contribution in [1.82, 2.24) is 0 Å². The van der Waals surface area contributed by atoms with Gasteiger partial charge in [-0.2, -0.15) is 0 Å². The fourth-order valence-electron chi connectivity index (χ4n) is 3.45. The van der Waals surface area contributed by atoms with Crippen molar-refractivity contribution in [1.29, 1.82) is 0 Å². The highest BCUT2D eigenvalue weighted by Gasteiger charge is 2.17. The molecule has 28 heavy (non-hydrogen) atoms.